The van der Waals surface area contributed by atoms with Crippen LogP contribution in [0.25, 0.3) is 0 Å². The molecule has 0 radical (unpaired) electrons. The molecular weight excluding hydrogens is 270 g/mol. The second-order valence-corrected chi connectivity index (χ2v) is 4.77. The quantitative estimate of drug-likeness (QED) is 0.752. The van der Waals surface area contributed by atoms with Gasteiger partial charge >= 0.3 is 0 Å². The van der Waals surface area contributed by atoms with Gasteiger partial charge in [-0.3, -0.25) is 9.48 Å². The molecule has 21 heavy (non-hydrogen) atoms. The Bertz CT molecular complexity index is 647. The molecule has 0 spiro atoms. The van der Waals surface area contributed by atoms with Gasteiger partial charge in [-0.25, -0.2) is 4.68 Å². The van der Waals surface area contributed by atoms with E-state index >= 15 is 0 Å². The minimum atomic E-state index is -0.193. The second-order valence-electron chi connectivity index (χ2n) is 4.77. The zero-order chi connectivity index (χ0) is 15.2. The molecule has 2 heterocycles. The molecule has 0 aliphatic carbocycles. The molecule has 0 aliphatic heterocycles. The SMILES string of the molecule is CCn1nc(C)cc1Cn1ncc(OCCCN)cc1=O. The lowest BCUT2D eigenvalue weighted by Crippen LogP contribution is -2.24. The van der Waals surface area contributed by atoms with E-state index in [4.69, 9.17) is 10.5 Å². The molecule has 2 aromatic heterocycles. The Kier molecular flexibility index (Phi) is 5.10. The van der Waals surface area contributed by atoms with Crippen LogP contribution in [-0.2, 0) is 13.1 Å². The maximum absolute atomic E-state index is 12.0. The molecule has 114 valence electrons. The Morgan fingerprint density at radius 2 is 2.14 bits per heavy atom. The summed E-state index contributed by atoms with van der Waals surface area (Å²) in [6.45, 7) is 6.16. The molecule has 2 aromatic rings. The van der Waals surface area contributed by atoms with Crippen molar-refractivity contribution < 1.29 is 4.74 Å². The van der Waals surface area contributed by atoms with E-state index in [-0.39, 0.29) is 5.56 Å². The van der Waals surface area contributed by atoms with Crippen LogP contribution >= 0.6 is 0 Å². The van der Waals surface area contributed by atoms with Crippen LogP contribution in [0.3, 0.4) is 0 Å². The molecule has 7 heteroatoms. The molecule has 2 N–H and O–H groups in total. The normalized spacial score (nSPS) is 10.8. The minimum absolute atomic E-state index is 0.193. The summed E-state index contributed by atoms with van der Waals surface area (Å²) >= 11 is 0. The van der Waals surface area contributed by atoms with Crippen molar-refractivity contribution in [2.45, 2.75) is 33.4 Å². The van der Waals surface area contributed by atoms with E-state index in [1.54, 1.807) is 6.20 Å². The topological polar surface area (TPSA) is 88.0 Å². The lowest BCUT2D eigenvalue weighted by Gasteiger charge is -2.08. The number of rotatable bonds is 7. The van der Waals surface area contributed by atoms with Gasteiger partial charge in [0.15, 0.2) is 0 Å². The highest BCUT2D eigenvalue weighted by atomic mass is 16.5. The smallest absolute Gasteiger partial charge is 0.270 e. The molecule has 0 saturated heterocycles. The van der Waals surface area contributed by atoms with Gasteiger partial charge in [0.05, 0.1) is 30.7 Å². The molecule has 0 bridgehead atoms. The summed E-state index contributed by atoms with van der Waals surface area (Å²) in [6, 6.07) is 3.41. The zero-order valence-electron chi connectivity index (χ0n) is 12.5. The van der Waals surface area contributed by atoms with Crippen molar-refractivity contribution in [2.75, 3.05) is 13.2 Å². The van der Waals surface area contributed by atoms with Crippen LogP contribution in [0.1, 0.15) is 24.7 Å². The fourth-order valence-electron chi connectivity index (χ4n) is 2.04. The summed E-state index contributed by atoms with van der Waals surface area (Å²) in [7, 11) is 0. The molecule has 0 aromatic carbocycles. The summed E-state index contributed by atoms with van der Waals surface area (Å²) in [6.07, 6.45) is 2.30. The average molecular weight is 291 g/mol. The summed E-state index contributed by atoms with van der Waals surface area (Å²) in [5, 5.41) is 8.50. The van der Waals surface area contributed by atoms with Crippen molar-refractivity contribution >= 4 is 0 Å². The van der Waals surface area contributed by atoms with E-state index in [0.29, 0.717) is 25.4 Å². The van der Waals surface area contributed by atoms with Crippen LogP contribution in [0.15, 0.2) is 23.1 Å². The number of aryl methyl sites for hydroxylation is 2. The summed E-state index contributed by atoms with van der Waals surface area (Å²) < 4.78 is 8.68. The van der Waals surface area contributed by atoms with Gasteiger partial charge in [0, 0.05) is 12.6 Å². The number of hydrogen-bond acceptors (Lipinski definition) is 5. The van der Waals surface area contributed by atoms with Gasteiger partial charge < -0.3 is 10.5 Å². The molecule has 7 nitrogen and oxygen atoms in total. The first-order valence-corrected chi connectivity index (χ1v) is 7.07. The Morgan fingerprint density at radius 3 is 2.81 bits per heavy atom. The maximum atomic E-state index is 12.0. The number of nitrogens with two attached hydrogens (primary N) is 1. The van der Waals surface area contributed by atoms with Gasteiger partial charge in [0.2, 0.25) is 0 Å². The van der Waals surface area contributed by atoms with Crippen molar-refractivity contribution in [3.8, 4) is 5.75 Å². The highest BCUT2D eigenvalue weighted by molar-refractivity contribution is 5.15. The minimum Gasteiger partial charge on any atom is -0.492 e. The molecule has 0 saturated carbocycles. The van der Waals surface area contributed by atoms with Crippen molar-refractivity contribution in [3.63, 3.8) is 0 Å². The third-order valence-electron chi connectivity index (χ3n) is 3.06. The highest BCUT2D eigenvalue weighted by Gasteiger charge is 2.07. The Labute approximate surface area is 123 Å². The Balaban J connectivity index is 2.12. The molecule has 0 fully saturated rings. The largest absolute Gasteiger partial charge is 0.492 e. The number of aromatic nitrogens is 4. The first-order valence-electron chi connectivity index (χ1n) is 7.07. The Hall–Kier alpha value is -2.15. The van der Waals surface area contributed by atoms with Crippen LogP contribution in [0, 0.1) is 6.92 Å². The van der Waals surface area contributed by atoms with Crippen LogP contribution in [-0.4, -0.2) is 32.7 Å². The third-order valence-corrected chi connectivity index (χ3v) is 3.06. The zero-order valence-corrected chi connectivity index (χ0v) is 12.5. The fraction of sp³-hybridized carbons (Fsp3) is 0.500. The number of nitrogens with zero attached hydrogens (tertiary/aromatic N) is 4. The van der Waals surface area contributed by atoms with Crippen molar-refractivity contribution in [1.82, 2.24) is 19.6 Å². The van der Waals surface area contributed by atoms with Crippen molar-refractivity contribution in [2.24, 2.45) is 5.73 Å². The predicted molar refractivity (Wildman–Crippen MR) is 79.4 cm³/mol. The van der Waals surface area contributed by atoms with E-state index < -0.39 is 0 Å². The summed E-state index contributed by atoms with van der Waals surface area (Å²) in [5.74, 6) is 0.477. The van der Waals surface area contributed by atoms with Crippen molar-refractivity contribution in [1.29, 1.82) is 0 Å². The number of ether oxygens (including phenoxy) is 1. The number of hydrogen-bond donors (Lipinski definition) is 1. The predicted octanol–water partition coefficient (Wildman–Crippen LogP) is 0.544. The van der Waals surface area contributed by atoms with E-state index in [9.17, 15) is 4.79 Å². The van der Waals surface area contributed by atoms with E-state index in [1.807, 2.05) is 24.6 Å². The van der Waals surface area contributed by atoms with E-state index in [1.165, 1.54) is 10.7 Å². The van der Waals surface area contributed by atoms with Crippen molar-refractivity contribution in [3.05, 3.63) is 40.1 Å². The second kappa shape index (κ2) is 7.03. The standard InChI is InChI=1S/C14H21N5O2/c1-3-18-12(7-11(2)17-18)10-19-14(20)8-13(9-16-19)21-6-4-5-15/h7-9H,3-6,10,15H2,1-2H3. The lowest BCUT2D eigenvalue weighted by atomic mass is 10.3. The van der Waals surface area contributed by atoms with Gasteiger partial charge in [0.25, 0.3) is 5.56 Å². The molecule has 0 unspecified atom stereocenters. The summed E-state index contributed by atoms with van der Waals surface area (Å²) in [4.78, 5) is 12.0. The van der Waals surface area contributed by atoms with Gasteiger partial charge in [0.1, 0.15) is 5.75 Å². The van der Waals surface area contributed by atoms with Crippen LogP contribution < -0.4 is 16.0 Å². The first kappa shape index (κ1) is 15.2. The highest BCUT2D eigenvalue weighted by Crippen LogP contribution is 2.07. The molecule has 0 amide bonds. The molecule has 0 aliphatic rings. The van der Waals surface area contributed by atoms with Crippen LogP contribution in [0.5, 0.6) is 5.75 Å². The molecule has 2 rings (SSSR count). The van der Waals surface area contributed by atoms with E-state index in [0.717, 1.165) is 24.4 Å². The lowest BCUT2D eigenvalue weighted by molar-refractivity contribution is 0.309. The van der Waals surface area contributed by atoms with Gasteiger partial charge in [-0.2, -0.15) is 10.2 Å². The van der Waals surface area contributed by atoms with Gasteiger partial charge in [-0.1, -0.05) is 0 Å². The average Bonchev–Trinajstić information content (AvgIpc) is 2.82. The first-order chi connectivity index (χ1) is 10.1. The van der Waals surface area contributed by atoms with Crippen LogP contribution in [0.2, 0.25) is 0 Å². The molecule has 0 atom stereocenters. The van der Waals surface area contributed by atoms with Gasteiger partial charge in [-0.05, 0) is 32.9 Å². The Morgan fingerprint density at radius 1 is 1.33 bits per heavy atom. The molecular formula is C14H21N5O2. The maximum Gasteiger partial charge on any atom is 0.270 e. The summed E-state index contributed by atoms with van der Waals surface area (Å²) in [5.41, 5.74) is 7.09. The fourth-order valence-corrected chi connectivity index (χ4v) is 2.04. The monoisotopic (exact) mass is 291 g/mol. The third kappa shape index (κ3) is 3.91. The van der Waals surface area contributed by atoms with Gasteiger partial charge in [-0.15, -0.1) is 0 Å². The van der Waals surface area contributed by atoms with Crippen LogP contribution in [0.4, 0.5) is 0 Å². The van der Waals surface area contributed by atoms with E-state index in [2.05, 4.69) is 10.2 Å².